The Morgan fingerprint density at radius 3 is 2.90 bits per heavy atom. The van der Waals surface area contributed by atoms with Crippen LogP contribution in [0.25, 0.3) is 0 Å². The van der Waals surface area contributed by atoms with Crippen molar-refractivity contribution in [2.75, 3.05) is 20.2 Å². The number of aryl methyl sites for hydroxylation is 1. The molecule has 20 heavy (non-hydrogen) atoms. The molecule has 1 fully saturated rings. The third kappa shape index (κ3) is 3.34. The lowest BCUT2D eigenvalue weighted by molar-refractivity contribution is -0.387. The van der Waals surface area contributed by atoms with Gasteiger partial charge in [-0.15, -0.1) is 0 Å². The average Bonchev–Trinajstić information content (AvgIpc) is 2.36. The van der Waals surface area contributed by atoms with Gasteiger partial charge in [0.25, 0.3) is 5.88 Å². The standard InChI is InChI=1S/C12H17ClN4O3/c1-8-10(17(18)19)11(15-12(13)14-8)20-7-9-5-3-4-6-16(9)2/h9H,3-7H2,1-2H3. The van der Waals surface area contributed by atoms with Crippen LogP contribution >= 0.6 is 11.6 Å². The number of rotatable bonds is 4. The van der Waals surface area contributed by atoms with Gasteiger partial charge in [0, 0.05) is 6.04 Å². The van der Waals surface area contributed by atoms with E-state index in [0.717, 1.165) is 19.4 Å². The number of piperidine rings is 1. The molecule has 8 heteroatoms. The second-order valence-corrected chi connectivity index (χ2v) is 5.27. The molecule has 0 bridgehead atoms. The Bertz CT molecular complexity index is 512. The second kappa shape index (κ2) is 6.32. The lowest BCUT2D eigenvalue weighted by atomic mass is 10.0. The van der Waals surface area contributed by atoms with E-state index >= 15 is 0 Å². The maximum atomic E-state index is 11.1. The van der Waals surface area contributed by atoms with Crippen LogP contribution in [0.4, 0.5) is 5.69 Å². The maximum Gasteiger partial charge on any atom is 0.352 e. The molecule has 0 radical (unpaired) electrons. The third-order valence-electron chi connectivity index (χ3n) is 3.52. The smallest absolute Gasteiger partial charge is 0.352 e. The van der Waals surface area contributed by atoms with Crippen LogP contribution in [0.1, 0.15) is 25.0 Å². The van der Waals surface area contributed by atoms with E-state index in [1.807, 2.05) is 7.05 Å². The first kappa shape index (κ1) is 14.9. The summed E-state index contributed by atoms with van der Waals surface area (Å²) in [5.74, 6) is -0.0496. The van der Waals surface area contributed by atoms with Crippen LogP contribution in [-0.2, 0) is 0 Å². The molecule has 0 spiro atoms. The SMILES string of the molecule is Cc1nc(Cl)nc(OCC2CCCCN2C)c1[N+](=O)[O-]. The number of ether oxygens (including phenoxy) is 1. The number of aromatic nitrogens is 2. The Labute approximate surface area is 122 Å². The van der Waals surface area contributed by atoms with E-state index in [1.165, 1.54) is 13.3 Å². The highest BCUT2D eigenvalue weighted by atomic mass is 35.5. The first-order valence-corrected chi connectivity index (χ1v) is 6.88. The molecule has 0 aliphatic carbocycles. The van der Waals surface area contributed by atoms with E-state index in [2.05, 4.69) is 14.9 Å². The average molecular weight is 301 g/mol. The van der Waals surface area contributed by atoms with Gasteiger partial charge in [0.15, 0.2) is 0 Å². The summed E-state index contributed by atoms with van der Waals surface area (Å²) in [5, 5.41) is 11.0. The van der Waals surface area contributed by atoms with Gasteiger partial charge in [-0.05, 0) is 45.0 Å². The van der Waals surface area contributed by atoms with Gasteiger partial charge in [0.2, 0.25) is 5.28 Å². The minimum atomic E-state index is -0.536. The van der Waals surface area contributed by atoms with Crippen molar-refractivity contribution >= 4 is 17.3 Å². The van der Waals surface area contributed by atoms with Gasteiger partial charge in [-0.3, -0.25) is 10.1 Å². The van der Waals surface area contributed by atoms with Crippen molar-refractivity contribution in [1.82, 2.24) is 14.9 Å². The highest BCUT2D eigenvalue weighted by molar-refractivity contribution is 6.28. The number of hydrogen-bond acceptors (Lipinski definition) is 6. The van der Waals surface area contributed by atoms with Crippen LogP contribution in [0.5, 0.6) is 5.88 Å². The molecule has 1 atom stereocenters. The molecule has 2 heterocycles. The lowest BCUT2D eigenvalue weighted by Gasteiger charge is -2.31. The number of halogens is 1. The van der Waals surface area contributed by atoms with Crippen LogP contribution < -0.4 is 4.74 Å². The minimum absolute atomic E-state index is 0.0416. The zero-order valence-corrected chi connectivity index (χ0v) is 12.3. The van der Waals surface area contributed by atoms with Crippen LogP contribution in [0, 0.1) is 17.0 Å². The summed E-state index contributed by atoms with van der Waals surface area (Å²) in [4.78, 5) is 20.3. The van der Waals surface area contributed by atoms with Crippen molar-refractivity contribution in [3.05, 3.63) is 21.1 Å². The van der Waals surface area contributed by atoms with Crippen LogP contribution in [-0.4, -0.2) is 46.0 Å². The molecular weight excluding hydrogens is 284 g/mol. The molecule has 2 rings (SSSR count). The van der Waals surface area contributed by atoms with E-state index in [9.17, 15) is 10.1 Å². The monoisotopic (exact) mass is 300 g/mol. The van der Waals surface area contributed by atoms with E-state index in [0.29, 0.717) is 6.61 Å². The summed E-state index contributed by atoms with van der Waals surface area (Å²) in [6.07, 6.45) is 3.33. The predicted octanol–water partition coefficient (Wildman–Crippen LogP) is 2.21. The number of nitrogens with zero attached hydrogens (tertiary/aromatic N) is 4. The molecule has 1 aromatic heterocycles. The lowest BCUT2D eigenvalue weighted by Crippen LogP contribution is -2.40. The molecule has 0 amide bonds. The Morgan fingerprint density at radius 2 is 2.25 bits per heavy atom. The van der Waals surface area contributed by atoms with Crippen LogP contribution in [0.15, 0.2) is 0 Å². The van der Waals surface area contributed by atoms with Gasteiger partial charge >= 0.3 is 5.69 Å². The summed E-state index contributed by atoms with van der Waals surface area (Å²) in [5.41, 5.74) is -0.00476. The van der Waals surface area contributed by atoms with Crippen molar-refractivity contribution in [3.63, 3.8) is 0 Å². The molecule has 110 valence electrons. The van der Waals surface area contributed by atoms with Gasteiger partial charge in [-0.2, -0.15) is 4.98 Å². The Balaban J connectivity index is 2.14. The fraction of sp³-hybridized carbons (Fsp3) is 0.667. The topological polar surface area (TPSA) is 81.4 Å². The molecule has 1 aromatic rings. The number of likely N-dealkylation sites (N-methyl/N-ethyl adjacent to an activating group) is 1. The normalized spacial score (nSPS) is 19.9. The number of nitro groups is 1. The molecular formula is C12H17ClN4O3. The molecule has 0 N–H and O–H groups in total. The van der Waals surface area contributed by atoms with E-state index in [-0.39, 0.29) is 28.6 Å². The zero-order valence-electron chi connectivity index (χ0n) is 11.5. The highest BCUT2D eigenvalue weighted by Gasteiger charge is 2.26. The molecule has 1 aliphatic heterocycles. The Morgan fingerprint density at radius 1 is 1.50 bits per heavy atom. The summed E-state index contributed by atoms with van der Waals surface area (Å²) >= 11 is 5.74. The fourth-order valence-electron chi connectivity index (χ4n) is 2.35. The quantitative estimate of drug-likeness (QED) is 0.482. The molecule has 0 saturated carbocycles. The van der Waals surface area contributed by atoms with Crippen LogP contribution in [0.3, 0.4) is 0 Å². The molecule has 1 aliphatic rings. The number of likely N-dealkylation sites (tertiary alicyclic amines) is 1. The summed E-state index contributed by atoms with van der Waals surface area (Å²) in [6.45, 7) is 2.90. The number of hydrogen-bond donors (Lipinski definition) is 0. The van der Waals surface area contributed by atoms with E-state index in [4.69, 9.17) is 16.3 Å². The molecule has 1 saturated heterocycles. The van der Waals surface area contributed by atoms with E-state index < -0.39 is 4.92 Å². The Kier molecular flexibility index (Phi) is 4.72. The largest absolute Gasteiger partial charge is 0.471 e. The molecule has 1 unspecified atom stereocenters. The van der Waals surface area contributed by atoms with Crippen molar-refractivity contribution in [1.29, 1.82) is 0 Å². The molecule has 7 nitrogen and oxygen atoms in total. The predicted molar refractivity (Wildman–Crippen MR) is 74.2 cm³/mol. The van der Waals surface area contributed by atoms with Crippen molar-refractivity contribution in [2.45, 2.75) is 32.2 Å². The maximum absolute atomic E-state index is 11.1. The zero-order chi connectivity index (χ0) is 14.7. The molecule has 0 aromatic carbocycles. The fourth-order valence-corrected chi connectivity index (χ4v) is 2.55. The van der Waals surface area contributed by atoms with Gasteiger partial charge in [0.05, 0.1) is 4.92 Å². The van der Waals surface area contributed by atoms with Crippen molar-refractivity contribution in [3.8, 4) is 5.88 Å². The van der Waals surface area contributed by atoms with Crippen molar-refractivity contribution in [2.24, 2.45) is 0 Å². The first-order chi connectivity index (χ1) is 9.49. The van der Waals surface area contributed by atoms with E-state index in [1.54, 1.807) is 0 Å². The summed E-state index contributed by atoms with van der Waals surface area (Å²) in [6, 6.07) is 0.248. The third-order valence-corrected chi connectivity index (χ3v) is 3.68. The summed E-state index contributed by atoms with van der Waals surface area (Å²) < 4.78 is 5.55. The van der Waals surface area contributed by atoms with Crippen LogP contribution in [0.2, 0.25) is 5.28 Å². The summed E-state index contributed by atoms with van der Waals surface area (Å²) in [7, 11) is 2.03. The van der Waals surface area contributed by atoms with Gasteiger partial charge in [-0.1, -0.05) is 6.42 Å². The van der Waals surface area contributed by atoms with Gasteiger partial charge < -0.3 is 9.64 Å². The first-order valence-electron chi connectivity index (χ1n) is 6.50. The Hall–Kier alpha value is -1.47. The second-order valence-electron chi connectivity index (χ2n) is 4.93. The minimum Gasteiger partial charge on any atom is -0.471 e. The highest BCUT2D eigenvalue weighted by Crippen LogP contribution is 2.29. The van der Waals surface area contributed by atoms with Crippen molar-refractivity contribution < 1.29 is 9.66 Å². The van der Waals surface area contributed by atoms with Gasteiger partial charge in [0.1, 0.15) is 12.3 Å². The van der Waals surface area contributed by atoms with Gasteiger partial charge in [-0.25, -0.2) is 4.98 Å².